The molecular weight excluding hydrogens is 308 g/mol. The van der Waals surface area contributed by atoms with Crippen LogP contribution in [-0.4, -0.2) is 21.7 Å². The summed E-state index contributed by atoms with van der Waals surface area (Å²) in [5.41, 5.74) is 2.77. The molecule has 0 fully saturated rings. The highest BCUT2D eigenvalue weighted by molar-refractivity contribution is 9.10. The molecule has 1 N–H and O–H groups in total. The molecule has 0 spiro atoms. The van der Waals surface area contributed by atoms with E-state index in [4.69, 9.17) is 4.74 Å². The van der Waals surface area contributed by atoms with Gasteiger partial charge >= 0.3 is 0 Å². The Labute approximate surface area is 119 Å². The number of hydrogen-bond acceptors (Lipinski definition) is 4. The predicted octanol–water partition coefficient (Wildman–Crippen LogP) is 2.45. The van der Waals surface area contributed by atoms with Crippen molar-refractivity contribution in [1.29, 1.82) is 0 Å². The van der Waals surface area contributed by atoms with E-state index >= 15 is 0 Å². The van der Waals surface area contributed by atoms with Crippen molar-refractivity contribution in [2.75, 3.05) is 6.61 Å². The van der Waals surface area contributed by atoms with Gasteiger partial charge in [-0.05, 0) is 23.3 Å². The Balaban J connectivity index is 1.88. The lowest BCUT2D eigenvalue weighted by atomic mass is 10.0. The van der Waals surface area contributed by atoms with Gasteiger partial charge in [-0.15, -0.1) is 0 Å². The molecule has 98 valence electrons. The van der Waals surface area contributed by atoms with Crippen LogP contribution >= 0.6 is 15.9 Å². The van der Waals surface area contributed by atoms with Crippen LogP contribution in [0.25, 0.3) is 0 Å². The van der Waals surface area contributed by atoms with Gasteiger partial charge in [0.15, 0.2) is 0 Å². The van der Waals surface area contributed by atoms with Gasteiger partial charge in [-0.3, -0.25) is 9.97 Å². The summed E-state index contributed by atoms with van der Waals surface area (Å²) in [7, 11) is 0. The smallest absolute Gasteiger partial charge is 0.125 e. The van der Waals surface area contributed by atoms with Crippen LogP contribution in [-0.2, 0) is 12.8 Å². The third-order valence-corrected chi connectivity index (χ3v) is 3.62. The van der Waals surface area contributed by atoms with Crippen LogP contribution in [0, 0.1) is 0 Å². The van der Waals surface area contributed by atoms with E-state index in [-0.39, 0.29) is 0 Å². The fraction of sp³-hybridized carbons (Fsp3) is 0.286. The first-order valence-corrected chi connectivity index (χ1v) is 6.91. The van der Waals surface area contributed by atoms with E-state index in [0.29, 0.717) is 18.7 Å². The summed E-state index contributed by atoms with van der Waals surface area (Å²) in [5, 5.41) is 10.2. The molecule has 1 unspecified atom stereocenters. The second kappa shape index (κ2) is 5.27. The third-order valence-electron chi connectivity index (χ3n) is 3.16. The van der Waals surface area contributed by atoms with Crippen molar-refractivity contribution in [3.63, 3.8) is 0 Å². The second-order valence-corrected chi connectivity index (χ2v) is 5.42. The van der Waals surface area contributed by atoms with Gasteiger partial charge in [-0.25, -0.2) is 0 Å². The minimum Gasteiger partial charge on any atom is -0.493 e. The third kappa shape index (κ3) is 2.62. The first-order chi connectivity index (χ1) is 9.24. The molecule has 1 atom stereocenters. The van der Waals surface area contributed by atoms with Gasteiger partial charge in [0, 0.05) is 29.7 Å². The average molecular weight is 321 g/mol. The van der Waals surface area contributed by atoms with E-state index in [2.05, 4.69) is 32.0 Å². The fourth-order valence-electron chi connectivity index (χ4n) is 2.29. The SMILES string of the molecule is OC(Cc1cc(Br)cc2c1OCC2)c1cnccn1. The number of nitrogens with zero attached hydrogens (tertiary/aromatic N) is 2. The van der Waals surface area contributed by atoms with Crippen LogP contribution in [0.2, 0.25) is 0 Å². The summed E-state index contributed by atoms with van der Waals surface area (Å²) in [6.07, 6.45) is 5.49. The van der Waals surface area contributed by atoms with Crippen LogP contribution in [0.4, 0.5) is 0 Å². The van der Waals surface area contributed by atoms with Crippen molar-refractivity contribution in [3.05, 3.63) is 52.0 Å². The van der Waals surface area contributed by atoms with E-state index < -0.39 is 6.10 Å². The van der Waals surface area contributed by atoms with Crippen LogP contribution in [0.15, 0.2) is 35.2 Å². The summed E-state index contributed by atoms with van der Waals surface area (Å²) >= 11 is 3.50. The molecule has 0 amide bonds. The van der Waals surface area contributed by atoms with Crippen molar-refractivity contribution in [2.45, 2.75) is 18.9 Å². The van der Waals surface area contributed by atoms with E-state index in [0.717, 1.165) is 22.2 Å². The number of aromatic nitrogens is 2. The van der Waals surface area contributed by atoms with Gasteiger partial charge in [0.25, 0.3) is 0 Å². The normalized spacial score (nSPS) is 14.8. The lowest BCUT2D eigenvalue weighted by Crippen LogP contribution is -2.05. The minimum absolute atomic E-state index is 0.473. The predicted molar refractivity (Wildman–Crippen MR) is 74.0 cm³/mol. The molecule has 2 aromatic rings. The van der Waals surface area contributed by atoms with E-state index in [9.17, 15) is 5.11 Å². The number of ether oxygens (including phenoxy) is 1. The molecule has 0 saturated heterocycles. The van der Waals surface area contributed by atoms with Crippen molar-refractivity contribution in [2.24, 2.45) is 0 Å². The van der Waals surface area contributed by atoms with Crippen molar-refractivity contribution in [3.8, 4) is 5.75 Å². The molecule has 0 saturated carbocycles. The standard InChI is InChI=1S/C14H13BrN2O2/c15-11-5-9-1-4-19-14(9)10(6-11)7-13(18)12-8-16-2-3-17-12/h2-3,5-6,8,13,18H,1,4,7H2. The van der Waals surface area contributed by atoms with E-state index in [1.165, 1.54) is 5.56 Å². The number of halogens is 1. The van der Waals surface area contributed by atoms with Crippen LogP contribution in [0.1, 0.15) is 22.9 Å². The number of aliphatic hydroxyl groups excluding tert-OH is 1. The van der Waals surface area contributed by atoms with Crippen LogP contribution < -0.4 is 4.74 Å². The number of fused-ring (bicyclic) bond motifs is 1. The van der Waals surface area contributed by atoms with Gasteiger partial charge in [0.1, 0.15) is 11.9 Å². The second-order valence-electron chi connectivity index (χ2n) is 4.50. The highest BCUT2D eigenvalue weighted by Gasteiger charge is 2.20. The number of hydrogen-bond donors (Lipinski definition) is 1. The molecule has 4 nitrogen and oxygen atoms in total. The zero-order valence-corrected chi connectivity index (χ0v) is 11.8. The number of rotatable bonds is 3. The van der Waals surface area contributed by atoms with Crippen molar-refractivity contribution in [1.82, 2.24) is 9.97 Å². The quantitative estimate of drug-likeness (QED) is 0.943. The molecule has 0 bridgehead atoms. The Morgan fingerprint density at radius 2 is 2.26 bits per heavy atom. The average Bonchev–Trinajstić information content (AvgIpc) is 2.88. The summed E-state index contributed by atoms with van der Waals surface area (Å²) in [5.74, 6) is 0.908. The van der Waals surface area contributed by atoms with Gasteiger partial charge in [0.2, 0.25) is 0 Å². The molecule has 3 rings (SSSR count). The zero-order valence-electron chi connectivity index (χ0n) is 10.2. The van der Waals surface area contributed by atoms with Crippen LogP contribution in [0.3, 0.4) is 0 Å². The molecule has 1 aliphatic rings. The maximum Gasteiger partial charge on any atom is 0.125 e. The molecule has 1 aromatic heterocycles. The molecule has 19 heavy (non-hydrogen) atoms. The van der Waals surface area contributed by atoms with Gasteiger partial charge in [0.05, 0.1) is 18.5 Å². The van der Waals surface area contributed by atoms with E-state index in [1.807, 2.05) is 6.07 Å². The first-order valence-electron chi connectivity index (χ1n) is 6.12. The molecule has 1 aromatic carbocycles. The lowest BCUT2D eigenvalue weighted by Gasteiger charge is -2.13. The van der Waals surface area contributed by atoms with Gasteiger partial charge in [-0.2, -0.15) is 0 Å². The Bertz CT molecular complexity index is 589. The minimum atomic E-state index is -0.670. The number of aliphatic hydroxyl groups is 1. The maximum absolute atomic E-state index is 10.2. The summed E-state index contributed by atoms with van der Waals surface area (Å²) < 4.78 is 6.67. The fourth-order valence-corrected chi connectivity index (χ4v) is 2.85. The summed E-state index contributed by atoms with van der Waals surface area (Å²) in [4.78, 5) is 8.10. The Hall–Kier alpha value is -1.46. The van der Waals surface area contributed by atoms with Crippen molar-refractivity contribution >= 4 is 15.9 Å². The van der Waals surface area contributed by atoms with Crippen LogP contribution in [0.5, 0.6) is 5.75 Å². The molecule has 2 heterocycles. The molecule has 5 heteroatoms. The Kier molecular flexibility index (Phi) is 3.48. The largest absolute Gasteiger partial charge is 0.493 e. The highest BCUT2D eigenvalue weighted by atomic mass is 79.9. The Morgan fingerprint density at radius 1 is 1.37 bits per heavy atom. The molecular formula is C14H13BrN2O2. The Morgan fingerprint density at radius 3 is 3.05 bits per heavy atom. The van der Waals surface area contributed by atoms with Crippen molar-refractivity contribution < 1.29 is 9.84 Å². The zero-order chi connectivity index (χ0) is 13.2. The highest BCUT2D eigenvalue weighted by Crippen LogP contribution is 2.35. The maximum atomic E-state index is 10.2. The summed E-state index contributed by atoms with van der Waals surface area (Å²) in [6, 6.07) is 4.06. The molecule has 0 radical (unpaired) electrons. The van der Waals surface area contributed by atoms with E-state index in [1.54, 1.807) is 18.6 Å². The van der Waals surface area contributed by atoms with Gasteiger partial charge < -0.3 is 9.84 Å². The number of benzene rings is 1. The molecule has 1 aliphatic heterocycles. The monoisotopic (exact) mass is 320 g/mol. The van der Waals surface area contributed by atoms with Gasteiger partial charge in [-0.1, -0.05) is 15.9 Å². The lowest BCUT2D eigenvalue weighted by molar-refractivity contribution is 0.172. The first kappa shape index (κ1) is 12.6. The summed E-state index contributed by atoms with van der Waals surface area (Å²) in [6.45, 7) is 0.708. The molecule has 0 aliphatic carbocycles. The topological polar surface area (TPSA) is 55.2 Å².